The third kappa shape index (κ3) is 2.94. The molecule has 0 radical (unpaired) electrons. The lowest BCUT2D eigenvalue weighted by Crippen LogP contribution is -2.05. The number of benzene rings is 1. The molecular formula is C14H17FN2S. The Morgan fingerprint density at radius 1 is 1.28 bits per heavy atom. The van der Waals surface area contributed by atoms with Crippen LogP contribution in [0.1, 0.15) is 23.9 Å². The Morgan fingerprint density at radius 3 is 2.61 bits per heavy atom. The zero-order valence-corrected chi connectivity index (χ0v) is 11.5. The number of aromatic nitrogens is 1. The summed E-state index contributed by atoms with van der Waals surface area (Å²) >= 11 is 1.69. The molecule has 96 valence electrons. The average molecular weight is 264 g/mol. The van der Waals surface area contributed by atoms with E-state index in [2.05, 4.69) is 17.2 Å². The van der Waals surface area contributed by atoms with Crippen molar-refractivity contribution in [3.63, 3.8) is 0 Å². The van der Waals surface area contributed by atoms with Crippen molar-refractivity contribution in [2.45, 2.75) is 26.3 Å². The van der Waals surface area contributed by atoms with E-state index >= 15 is 0 Å². The highest BCUT2D eigenvalue weighted by molar-refractivity contribution is 7.15. The van der Waals surface area contributed by atoms with Crippen molar-refractivity contribution >= 4 is 11.3 Å². The second-order valence-corrected chi connectivity index (χ2v) is 5.26. The first-order valence-corrected chi connectivity index (χ1v) is 6.95. The summed E-state index contributed by atoms with van der Waals surface area (Å²) in [6.07, 6.45) is 2.08. The maximum absolute atomic E-state index is 12.9. The van der Waals surface area contributed by atoms with E-state index in [1.54, 1.807) is 23.5 Å². The van der Waals surface area contributed by atoms with Crippen molar-refractivity contribution in [2.75, 3.05) is 7.05 Å². The van der Waals surface area contributed by atoms with Gasteiger partial charge in [-0.15, -0.1) is 11.3 Å². The smallest absolute Gasteiger partial charge is 0.123 e. The predicted molar refractivity (Wildman–Crippen MR) is 74.3 cm³/mol. The van der Waals surface area contributed by atoms with Crippen LogP contribution in [0.5, 0.6) is 0 Å². The zero-order valence-electron chi connectivity index (χ0n) is 10.7. The van der Waals surface area contributed by atoms with Crippen LogP contribution < -0.4 is 5.32 Å². The molecule has 1 aromatic heterocycles. The van der Waals surface area contributed by atoms with E-state index in [1.807, 2.05) is 7.05 Å². The lowest BCUT2D eigenvalue weighted by Gasteiger charge is -1.98. The van der Waals surface area contributed by atoms with Gasteiger partial charge in [0.15, 0.2) is 0 Å². The first-order chi connectivity index (χ1) is 8.74. The molecular weight excluding hydrogens is 247 g/mol. The van der Waals surface area contributed by atoms with Gasteiger partial charge in [-0.25, -0.2) is 9.37 Å². The number of nitrogens with one attached hydrogen (secondary N) is 1. The molecule has 0 saturated carbocycles. The van der Waals surface area contributed by atoms with Crippen LogP contribution in [0.4, 0.5) is 4.39 Å². The number of hydrogen-bond acceptors (Lipinski definition) is 3. The summed E-state index contributed by atoms with van der Waals surface area (Å²) in [7, 11) is 1.94. The molecule has 0 bridgehead atoms. The molecule has 0 aliphatic rings. The Kier molecular flexibility index (Phi) is 4.44. The Balaban J connectivity index is 2.33. The van der Waals surface area contributed by atoms with Crippen molar-refractivity contribution in [3.8, 4) is 10.6 Å². The maximum Gasteiger partial charge on any atom is 0.123 e. The first kappa shape index (κ1) is 13.2. The summed E-state index contributed by atoms with van der Waals surface area (Å²) in [4.78, 5) is 5.95. The van der Waals surface area contributed by atoms with E-state index in [9.17, 15) is 4.39 Å². The SMILES string of the molecule is CCCc1nc(-c2ccc(F)cc2)sc1CNC. The Bertz CT molecular complexity index is 482. The fraction of sp³-hybridized carbons (Fsp3) is 0.357. The summed E-state index contributed by atoms with van der Waals surface area (Å²) in [6, 6.07) is 6.53. The lowest BCUT2D eigenvalue weighted by atomic mass is 10.2. The molecule has 4 heteroatoms. The van der Waals surface area contributed by atoms with Gasteiger partial charge in [0.05, 0.1) is 5.69 Å². The fourth-order valence-corrected chi connectivity index (χ4v) is 2.96. The lowest BCUT2D eigenvalue weighted by molar-refractivity contribution is 0.628. The van der Waals surface area contributed by atoms with E-state index in [-0.39, 0.29) is 5.82 Å². The third-order valence-electron chi connectivity index (χ3n) is 2.69. The van der Waals surface area contributed by atoms with Crippen LogP contribution in [0.25, 0.3) is 10.6 Å². The van der Waals surface area contributed by atoms with Crippen molar-refractivity contribution in [1.29, 1.82) is 0 Å². The van der Waals surface area contributed by atoms with Crippen molar-refractivity contribution < 1.29 is 4.39 Å². The van der Waals surface area contributed by atoms with Gasteiger partial charge in [-0.3, -0.25) is 0 Å². The standard InChI is InChI=1S/C14H17FN2S/c1-3-4-12-13(9-16-2)18-14(17-12)10-5-7-11(15)8-6-10/h5-8,16H,3-4,9H2,1-2H3. The monoisotopic (exact) mass is 264 g/mol. The molecule has 1 aromatic carbocycles. The molecule has 0 amide bonds. The second-order valence-electron chi connectivity index (χ2n) is 4.18. The van der Waals surface area contributed by atoms with Crippen LogP contribution in [0.2, 0.25) is 0 Å². The number of rotatable bonds is 5. The van der Waals surface area contributed by atoms with Crippen LogP contribution >= 0.6 is 11.3 Å². The number of thiazole rings is 1. The number of nitrogens with zero attached hydrogens (tertiary/aromatic N) is 1. The van der Waals surface area contributed by atoms with E-state index in [1.165, 1.54) is 17.0 Å². The Morgan fingerprint density at radius 2 is 2.00 bits per heavy atom. The van der Waals surface area contributed by atoms with Gasteiger partial charge in [-0.1, -0.05) is 13.3 Å². The average Bonchev–Trinajstić information content (AvgIpc) is 2.75. The molecule has 1 N–H and O–H groups in total. The highest BCUT2D eigenvalue weighted by atomic mass is 32.1. The van der Waals surface area contributed by atoms with Gasteiger partial charge in [0.2, 0.25) is 0 Å². The Hall–Kier alpha value is -1.26. The molecule has 0 saturated heterocycles. The van der Waals surface area contributed by atoms with Crippen molar-refractivity contribution in [3.05, 3.63) is 40.7 Å². The van der Waals surface area contributed by atoms with Crippen LogP contribution in [0, 0.1) is 5.82 Å². The summed E-state index contributed by atoms with van der Waals surface area (Å²) in [5.74, 6) is -0.209. The van der Waals surface area contributed by atoms with Crippen LogP contribution in [-0.4, -0.2) is 12.0 Å². The maximum atomic E-state index is 12.9. The van der Waals surface area contributed by atoms with Crippen LogP contribution in [0.15, 0.2) is 24.3 Å². The normalized spacial score (nSPS) is 10.8. The van der Waals surface area contributed by atoms with E-state index in [0.29, 0.717) is 0 Å². The first-order valence-electron chi connectivity index (χ1n) is 6.13. The van der Waals surface area contributed by atoms with Crippen molar-refractivity contribution in [2.24, 2.45) is 0 Å². The van der Waals surface area contributed by atoms with Gasteiger partial charge < -0.3 is 5.32 Å². The minimum atomic E-state index is -0.209. The zero-order chi connectivity index (χ0) is 13.0. The summed E-state index contributed by atoms with van der Waals surface area (Å²) in [6.45, 7) is 2.99. The molecule has 18 heavy (non-hydrogen) atoms. The highest BCUT2D eigenvalue weighted by Crippen LogP contribution is 2.29. The summed E-state index contributed by atoms with van der Waals surface area (Å²) in [5, 5.41) is 4.14. The second kappa shape index (κ2) is 6.07. The predicted octanol–water partition coefficient (Wildman–Crippen LogP) is 3.62. The molecule has 0 unspecified atom stereocenters. The molecule has 0 aliphatic carbocycles. The van der Waals surface area contributed by atoms with Crippen LogP contribution in [-0.2, 0) is 13.0 Å². The van der Waals surface area contributed by atoms with E-state index in [4.69, 9.17) is 0 Å². The van der Waals surface area contributed by atoms with Gasteiger partial charge in [0, 0.05) is 17.0 Å². The summed E-state index contributed by atoms with van der Waals surface area (Å²) < 4.78 is 12.9. The molecule has 1 heterocycles. The van der Waals surface area contributed by atoms with Crippen LogP contribution in [0.3, 0.4) is 0 Å². The van der Waals surface area contributed by atoms with E-state index < -0.39 is 0 Å². The molecule has 0 aliphatic heterocycles. The van der Waals surface area contributed by atoms with Gasteiger partial charge in [-0.2, -0.15) is 0 Å². The minimum absolute atomic E-state index is 0.209. The largest absolute Gasteiger partial charge is 0.315 e. The van der Waals surface area contributed by atoms with E-state index in [0.717, 1.165) is 35.7 Å². The molecule has 0 atom stereocenters. The number of aryl methyl sites for hydroxylation is 1. The topological polar surface area (TPSA) is 24.9 Å². The van der Waals surface area contributed by atoms with Gasteiger partial charge in [-0.05, 0) is 37.7 Å². The number of hydrogen-bond donors (Lipinski definition) is 1. The van der Waals surface area contributed by atoms with Gasteiger partial charge >= 0.3 is 0 Å². The third-order valence-corrected chi connectivity index (χ3v) is 3.84. The fourth-order valence-electron chi connectivity index (χ4n) is 1.83. The Labute approximate surface area is 111 Å². The highest BCUT2D eigenvalue weighted by Gasteiger charge is 2.11. The van der Waals surface area contributed by atoms with Gasteiger partial charge in [0.1, 0.15) is 10.8 Å². The minimum Gasteiger partial charge on any atom is -0.315 e. The quantitative estimate of drug-likeness (QED) is 0.892. The molecule has 2 aromatic rings. The van der Waals surface area contributed by atoms with Crippen molar-refractivity contribution in [1.82, 2.24) is 10.3 Å². The summed E-state index contributed by atoms with van der Waals surface area (Å²) in [5.41, 5.74) is 2.15. The molecule has 0 fully saturated rings. The number of halogens is 1. The molecule has 0 spiro atoms. The molecule has 2 nitrogen and oxygen atoms in total. The molecule has 2 rings (SSSR count). The van der Waals surface area contributed by atoms with Gasteiger partial charge in [0.25, 0.3) is 0 Å².